The van der Waals surface area contributed by atoms with Crippen LogP contribution >= 0.6 is 0 Å². The van der Waals surface area contributed by atoms with E-state index in [1.807, 2.05) is 0 Å². The van der Waals surface area contributed by atoms with E-state index in [1.165, 1.54) is 24.0 Å². The first-order valence-corrected chi connectivity index (χ1v) is 11.0. The third-order valence-electron chi connectivity index (χ3n) is 5.81. The normalized spacial score (nSPS) is 12.9. The number of nitro benzene ring substituents is 1. The van der Waals surface area contributed by atoms with E-state index in [0.717, 1.165) is 15.3 Å². The van der Waals surface area contributed by atoms with Crippen molar-refractivity contribution < 1.29 is 24.0 Å². The van der Waals surface area contributed by atoms with Crippen molar-refractivity contribution >= 4 is 23.4 Å². The van der Waals surface area contributed by atoms with Crippen LogP contribution in [-0.2, 0) is 16.0 Å². The lowest BCUT2D eigenvalue weighted by Crippen LogP contribution is -2.42. The minimum absolute atomic E-state index is 0.0159. The van der Waals surface area contributed by atoms with E-state index < -0.39 is 28.2 Å². The average Bonchev–Trinajstić information content (AvgIpc) is 3.28. The summed E-state index contributed by atoms with van der Waals surface area (Å²) in [6, 6.07) is 10.7. The zero-order chi connectivity index (χ0) is 26.0. The number of esters is 1. The zero-order valence-electron chi connectivity index (χ0n) is 19.5. The van der Waals surface area contributed by atoms with E-state index in [-0.39, 0.29) is 31.0 Å². The molecule has 0 aliphatic carbocycles. The highest BCUT2D eigenvalue weighted by Crippen LogP contribution is 2.22. The summed E-state index contributed by atoms with van der Waals surface area (Å²) >= 11 is 0. The van der Waals surface area contributed by atoms with Crippen LogP contribution in [0.5, 0.6) is 0 Å². The van der Waals surface area contributed by atoms with Crippen molar-refractivity contribution in [3.8, 4) is 5.69 Å². The Kier molecular flexibility index (Phi) is 6.68. The minimum atomic E-state index is -0.905. The molecule has 0 N–H and O–H groups in total. The van der Waals surface area contributed by atoms with Crippen LogP contribution in [0.4, 0.5) is 16.2 Å². The fraction of sp³-hybridized carbons (Fsp3) is 0.250. The van der Waals surface area contributed by atoms with E-state index in [4.69, 9.17) is 9.47 Å². The molecule has 1 fully saturated rings. The molecule has 1 aromatic heterocycles. The van der Waals surface area contributed by atoms with Crippen LogP contribution in [0.25, 0.3) is 5.69 Å². The highest BCUT2D eigenvalue weighted by molar-refractivity contribution is 5.89. The molecule has 0 unspecified atom stereocenters. The molecule has 4 rings (SSSR count). The van der Waals surface area contributed by atoms with Gasteiger partial charge < -0.3 is 9.47 Å². The van der Waals surface area contributed by atoms with Crippen molar-refractivity contribution in [3.05, 3.63) is 96.3 Å². The monoisotopic (exact) mass is 494 g/mol. The van der Waals surface area contributed by atoms with Gasteiger partial charge in [0.1, 0.15) is 12.2 Å². The van der Waals surface area contributed by atoms with Crippen molar-refractivity contribution in [1.82, 2.24) is 9.13 Å². The first-order chi connectivity index (χ1) is 17.2. The Morgan fingerprint density at radius 1 is 1.11 bits per heavy atom. The largest absolute Gasteiger partial charge is 0.462 e. The number of hydrogen-bond donors (Lipinski definition) is 0. The maximum Gasteiger partial charge on any atom is 0.414 e. The molecule has 0 radical (unpaired) electrons. The molecular weight excluding hydrogens is 472 g/mol. The van der Waals surface area contributed by atoms with Crippen LogP contribution in [0.1, 0.15) is 28.4 Å². The third kappa shape index (κ3) is 4.48. The van der Waals surface area contributed by atoms with Gasteiger partial charge in [-0.15, -0.1) is 0 Å². The van der Waals surface area contributed by atoms with Crippen molar-refractivity contribution in [2.75, 3.05) is 24.7 Å². The summed E-state index contributed by atoms with van der Waals surface area (Å²) in [6.45, 7) is 3.48. The number of ether oxygens (including phenoxy) is 2. The molecule has 1 aliphatic heterocycles. The molecule has 2 heterocycles. The Morgan fingerprint density at radius 2 is 1.81 bits per heavy atom. The lowest BCUT2D eigenvalue weighted by Gasteiger charge is -2.16. The van der Waals surface area contributed by atoms with Crippen LogP contribution in [-0.4, -0.2) is 45.9 Å². The predicted octanol–water partition coefficient (Wildman–Crippen LogP) is 2.40. The van der Waals surface area contributed by atoms with Crippen molar-refractivity contribution in [2.45, 2.75) is 20.4 Å². The fourth-order valence-electron chi connectivity index (χ4n) is 3.91. The summed E-state index contributed by atoms with van der Waals surface area (Å²) in [7, 11) is 0. The SMILES string of the molecule is CCOC(=O)c1cn(-c2ccc(N3CCOC3=O)cc2)c(=O)n(Cc2cccc([N+](=O)[O-])c2C)c1=O. The van der Waals surface area contributed by atoms with Gasteiger partial charge in [-0.2, -0.15) is 0 Å². The van der Waals surface area contributed by atoms with Crippen LogP contribution in [0.15, 0.2) is 58.3 Å². The molecule has 12 nitrogen and oxygen atoms in total. The number of carbonyl (C=O) groups is 2. The highest BCUT2D eigenvalue weighted by atomic mass is 16.6. The van der Waals surface area contributed by atoms with Gasteiger partial charge in [-0.05, 0) is 43.7 Å². The van der Waals surface area contributed by atoms with Crippen LogP contribution in [0.3, 0.4) is 0 Å². The number of benzene rings is 2. The molecule has 186 valence electrons. The number of aromatic nitrogens is 2. The molecular formula is C24H22N4O8. The molecule has 0 saturated carbocycles. The first kappa shape index (κ1) is 24.4. The molecule has 1 amide bonds. The van der Waals surface area contributed by atoms with E-state index in [2.05, 4.69) is 0 Å². The van der Waals surface area contributed by atoms with Crippen molar-refractivity contribution in [3.63, 3.8) is 0 Å². The van der Waals surface area contributed by atoms with Crippen LogP contribution in [0, 0.1) is 17.0 Å². The summed E-state index contributed by atoms with van der Waals surface area (Å²) in [5.74, 6) is -0.905. The molecule has 0 bridgehead atoms. The van der Waals surface area contributed by atoms with E-state index in [0.29, 0.717) is 29.0 Å². The van der Waals surface area contributed by atoms with Gasteiger partial charge in [0, 0.05) is 23.5 Å². The lowest BCUT2D eigenvalue weighted by molar-refractivity contribution is -0.385. The summed E-state index contributed by atoms with van der Waals surface area (Å²) in [5, 5.41) is 11.3. The van der Waals surface area contributed by atoms with Crippen LogP contribution in [0.2, 0.25) is 0 Å². The van der Waals surface area contributed by atoms with Gasteiger partial charge in [-0.25, -0.2) is 14.4 Å². The van der Waals surface area contributed by atoms with Gasteiger partial charge in [0.05, 0.1) is 30.3 Å². The second kappa shape index (κ2) is 9.86. The number of hydrogen-bond acceptors (Lipinski definition) is 8. The number of rotatable bonds is 7. The Bertz CT molecular complexity index is 1470. The smallest absolute Gasteiger partial charge is 0.414 e. The van der Waals surface area contributed by atoms with Gasteiger partial charge in [-0.3, -0.25) is 28.9 Å². The summed E-state index contributed by atoms with van der Waals surface area (Å²) in [4.78, 5) is 63.1. The fourth-order valence-corrected chi connectivity index (χ4v) is 3.91. The van der Waals surface area contributed by atoms with Gasteiger partial charge >= 0.3 is 17.8 Å². The van der Waals surface area contributed by atoms with E-state index in [1.54, 1.807) is 37.3 Å². The second-order valence-corrected chi connectivity index (χ2v) is 7.91. The lowest BCUT2D eigenvalue weighted by atomic mass is 10.1. The van der Waals surface area contributed by atoms with E-state index in [9.17, 15) is 29.3 Å². The second-order valence-electron chi connectivity index (χ2n) is 7.91. The molecule has 36 heavy (non-hydrogen) atoms. The van der Waals surface area contributed by atoms with Crippen molar-refractivity contribution in [1.29, 1.82) is 0 Å². The topological polar surface area (TPSA) is 143 Å². The highest BCUT2D eigenvalue weighted by Gasteiger charge is 2.24. The van der Waals surface area contributed by atoms with Crippen molar-refractivity contribution in [2.24, 2.45) is 0 Å². The van der Waals surface area contributed by atoms with Gasteiger partial charge in [0.2, 0.25) is 0 Å². The number of nitro groups is 1. The Labute approximate surface area is 204 Å². The van der Waals surface area contributed by atoms with Gasteiger partial charge in [0.15, 0.2) is 0 Å². The average molecular weight is 494 g/mol. The first-order valence-electron chi connectivity index (χ1n) is 11.0. The number of nitrogens with zero attached hydrogens (tertiary/aromatic N) is 4. The minimum Gasteiger partial charge on any atom is -0.462 e. The maximum atomic E-state index is 13.4. The molecule has 1 aliphatic rings. The Balaban J connectivity index is 1.83. The van der Waals surface area contributed by atoms with E-state index >= 15 is 0 Å². The molecule has 0 atom stereocenters. The van der Waals surface area contributed by atoms with Gasteiger partial charge in [0.25, 0.3) is 11.2 Å². The Hall–Kier alpha value is -4.74. The standard InChI is InChI=1S/C24H22N4O8/c1-3-35-22(30)19-14-26(18-9-7-17(8-10-18)25-11-12-36-24(25)32)23(31)27(21(19)29)13-16-5-4-6-20(15(16)2)28(33)34/h4-10,14H,3,11-13H2,1-2H3. The third-order valence-corrected chi connectivity index (χ3v) is 5.81. The predicted molar refractivity (Wildman–Crippen MR) is 128 cm³/mol. The number of anilines is 1. The quantitative estimate of drug-likeness (QED) is 0.277. The number of cyclic esters (lactones) is 1. The summed E-state index contributed by atoms with van der Waals surface area (Å²) < 4.78 is 11.9. The summed E-state index contributed by atoms with van der Waals surface area (Å²) in [6.07, 6.45) is 0.629. The molecule has 2 aromatic carbocycles. The maximum absolute atomic E-state index is 13.4. The Morgan fingerprint density at radius 3 is 2.42 bits per heavy atom. The molecule has 0 spiro atoms. The molecule has 12 heteroatoms. The van der Waals surface area contributed by atoms with Gasteiger partial charge in [-0.1, -0.05) is 12.1 Å². The zero-order valence-corrected chi connectivity index (χ0v) is 19.5. The molecule has 1 saturated heterocycles. The molecule has 3 aromatic rings. The number of carbonyl (C=O) groups excluding carboxylic acids is 2. The van der Waals surface area contributed by atoms with Crippen LogP contribution < -0.4 is 16.1 Å². The number of amides is 1. The summed E-state index contributed by atoms with van der Waals surface area (Å²) in [5.41, 5.74) is -0.607.